The maximum atomic E-state index is 11.6. The molecule has 2 rings (SSSR count). The van der Waals surface area contributed by atoms with E-state index in [4.69, 9.17) is 15.2 Å². The highest BCUT2D eigenvalue weighted by molar-refractivity contribution is 14.1. The Bertz CT molecular complexity index is 580. The smallest absolute Gasteiger partial charge is 0.301 e. The maximum Gasteiger partial charge on any atom is 0.301 e. The van der Waals surface area contributed by atoms with Crippen LogP contribution in [0.25, 0.3) is 0 Å². The zero-order chi connectivity index (χ0) is 16.4. The molecule has 0 amide bonds. The molecule has 0 saturated carbocycles. The van der Waals surface area contributed by atoms with Crippen molar-refractivity contribution in [1.82, 2.24) is 9.55 Å². The van der Waals surface area contributed by atoms with Gasteiger partial charge in [0.2, 0.25) is 0 Å². The van der Waals surface area contributed by atoms with Crippen LogP contribution in [0.3, 0.4) is 0 Å². The molecule has 1 aromatic rings. The van der Waals surface area contributed by atoms with Gasteiger partial charge in [-0.3, -0.25) is 9.36 Å². The standard InChI is InChI=1S/C12H18IN3O6/c1-2-21-12-15-10(20)5(13)4-16(12)11-9(19)8(18)7(17)6(3-14)22-11/h4,6-9,11,17-19H,2-3,14H2,1H3/t6-,7-,8+,9-,11?/m1/s1. The van der Waals surface area contributed by atoms with E-state index in [-0.39, 0.29) is 19.2 Å². The second kappa shape index (κ2) is 7.19. The largest absolute Gasteiger partial charge is 0.465 e. The summed E-state index contributed by atoms with van der Waals surface area (Å²) < 4.78 is 12.4. The van der Waals surface area contributed by atoms with Crippen molar-refractivity contribution in [1.29, 1.82) is 0 Å². The lowest BCUT2D eigenvalue weighted by Crippen LogP contribution is -2.57. The van der Waals surface area contributed by atoms with Crippen LogP contribution in [0.2, 0.25) is 0 Å². The van der Waals surface area contributed by atoms with E-state index in [0.717, 1.165) is 0 Å². The summed E-state index contributed by atoms with van der Waals surface area (Å²) in [5.41, 5.74) is 5.04. The van der Waals surface area contributed by atoms with Crippen molar-refractivity contribution in [3.63, 3.8) is 0 Å². The number of aliphatic hydroxyl groups is 3. The zero-order valence-electron chi connectivity index (χ0n) is 11.8. The molecule has 1 aliphatic rings. The average Bonchev–Trinajstić information content (AvgIpc) is 2.49. The third kappa shape index (κ3) is 3.26. The Kier molecular flexibility index (Phi) is 5.74. The molecule has 1 aliphatic heterocycles. The normalized spacial score (nSPS) is 32.0. The third-order valence-electron chi connectivity index (χ3n) is 3.34. The van der Waals surface area contributed by atoms with E-state index < -0.39 is 36.2 Å². The summed E-state index contributed by atoms with van der Waals surface area (Å²) in [4.78, 5) is 15.4. The Morgan fingerprint density at radius 2 is 2.09 bits per heavy atom. The summed E-state index contributed by atoms with van der Waals surface area (Å²) >= 11 is 1.80. The molecule has 2 heterocycles. The van der Waals surface area contributed by atoms with E-state index in [1.807, 2.05) is 0 Å². The van der Waals surface area contributed by atoms with Crippen LogP contribution < -0.4 is 16.0 Å². The van der Waals surface area contributed by atoms with Crippen LogP contribution in [-0.4, -0.2) is 62.4 Å². The van der Waals surface area contributed by atoms with Crippen LogP contribution in [0, 0.1) is 3.57 Å². The van der Waals surface area contributed by atoms with E-state index in [2.05, 4.69) is 4.98 Å². The molecule has 1 saturated heterocycles. The number of halogens is 1. The van der Waals surface area contributed by atoms with Crippen molar-refractivity contribution >= 4 is 22.6 Å². The lowest BCUT2D eigenvalue weighted by atomic mass is 9.98. The van der Waals surface area contributed by atoms with Crippen LogP contribution in [0.4, 0.5) is 0 Å². The number of hydrogen-bond donors (Lipinski definition) is 4. The number of nitrogens with two attached hydrogens (primary N) is 1. The van der Waals surface area contributed by atoms with Crippen LogP contribution >= 0.6 is 22.6 Å². The van der Waals surface area contributed by atoms with Crippen molar-refractivity contribution < 1.29 is 24.8 Å². The van der Waals surface area contributed by atoms with Gasteiger partial charge in [0.15, 0.2) is 6.23 Å². The first kappa shape index (κ1) is 17.6. The first-order chi connectivity index (χ1) is 10.4. The molecule has 22 heavy (non-hydrogen) atoms. The molecule has 5 N–H and O–H groups in total. The molecule has 5 atom stereocenters. The van der Waals surface area contributed by atoms with Crippen LogP contribution in [-0.2, 0) is 4.74 Å². The van der Waals surface area contributed by atoms with Gasteiger partial charge in [0.25, 0.3) is 5.56 Å². The molecular formula is C12H18IN3O6. The number of aromatic nitrogens is 2. The Morgan fingerprint density at radius 3 is 2.68 bits per heavy atom. The summed E-state index contributed by atoms with van der Waals surface area (Å²) in [5, 5.41) is 29.9. The molecule has 0 aromatic carbocycles. The highest BCUT2D eigenvalue weighted by Gasteiger charge is 2.44. The van der Waals surface area contributed by atoms with Crippen molar-refractivity contribution in [3.05, 3.63) is 20.1 Å². The zero-order valence-corrected chi connectivity index (χ0v) is 14.0. The molecule has 9 nitrogen and oxygen atoms in total. The number of aliphatic hydroxyl groups excluding tert-OH is 3. The minimum atomic E-state index is -1.45. The first-order valence-electron chi connectivity index (χ1n) is 6.71. The predicted octanol–water partition coefficient (Wildman–Crippen LogP) is -1.81. The van der Waals surface area contributed by atoms with Gasteiger partial charge in [0.05, 0.1) is 10.2 Å². The summed E-state index contributed by atoms with van der Waals surface area (Å²) in [5.74, 6) is 0. The summed E-state index contributed by atoms with van der Waals surface area (Å²) in [6, 6.07) is -0.0451. The SMILES string of the molecule is CCOc1nc(=O)c(I)cn1C1O[C@H](CN)[C@@H](O)[C@H](O)[C@H]1O. The molecule has 0 bridgehead atoms. The molecule has 0 radical (unpaired) electrons. The number of hydrogen-bond acceptors (Lipinski definition) is 8. The summed E-state index contributed by atoms with van der Waals surface area (Å²) in [6.45, 7) is 1.92. The number of nitrogens with zero attached hydrogens (tertiary/aromatic N) is 2. The fourth-order valence-electron chi connectivity index (χ4n) is 2.20. The van der Waals surface area contributed by atoms with Gasteiger partial charge in [-0.1, -0.05) is 0 Å². The second-order valence-corrected chi connectivity index (χ2v) is 5.95. The van der Waals surface area contributed by atoms with Crippen LogP contribution in [0.5, 0.6) is 6.01 Å². The second-order valence-electron chi connectivity index (χ2n) is 4.79. The van der Waals surface area contributed by atoms with E-state index in [1.165, 1.54) is 10.8 Å². The topological polar surface area (TPSA) is 140 Å². The van der Waals surface area contributed by atoms with Crippen molar-refractivity contribution in [2.24, 2.45) is 5.73 Å². The van der Waals surface area contributed by atoms with Crippen molar-refractivity contribution in [2.75, 3.05) is 13.2 Å². The third-order valence-corrected chi connectivity index (χ3v) is 4.08. The van der Waals surface area contributed by atoms with Gasteiger partial charge in [-0.15, -0.1) is 0 Å². The Balaban J connectivity index is 2.45. The summed E-state index contributed by atoms with van der Waals surface area (Å²) in [7, 11) is 0. The monoisotopic (exact) mass is 427 g/mol. The van der Waals surface area contributed by atoms with E-state index in [1.54, 1.807) is 29.5 Å². The minimum Gasteiger partial charge on any atom is -0.465 e. The molecule has 10 heteroatoms. The number of ether oxygens (including phenoxy) is 2. The Morgan fingerprint density at radius 1 is 1.41 bits per heavy atom. The van der Waals surface area contributed by atoms with E-state index >= 15 is 0 Å². The van der Waals surface area contributed by atoms with Gasteiger partial charge in [-0.25, -0.2) is 0 Å². The molecule has 1 unspecified atom stereocenters. The highest BCUT2D eigenvalue weighted by Crippen LogP contribution is 2.30. The lowest BCUT2D eigenvalue weighted by molar-refractivity contribution is -0.243. The minimum absolute atomic E-state index is 0.0451. The van der Waals surface area contributed by atoms with Gasteiger partial charge < -0.3 is 30.5 Å². The van der Waals surface area contributed by atoms with Gasteiger partial charge in [0, 0.05) is 12.7 Å². The molecular weight excluding hydrogens is 409 g/mol. The lowest BCUT2D eigenvalue weighted by Gasteiger charge is -2.41. The molecule has 0 spiro atoms. The van der Waals surface area contributed by atoms with Gasteiger partial charge in [-0.2, -0.15) is 4.98 Å². The molecule has 0 aliphatic carbocycles. The van der Waals surface area contributed by atoms with Gasteiger partial charge >= 0.3 is 6.01 Å². The van der Waals surface area contributed by atoms with E-state index in [9.17, 15) is 20.1 Å². The molecule has 1 aromatic heterocycles. The molecule has 1 fully saturated rings. The average molecular weight is 427 g/mol. The van der Waals surface area contributed by atoms with Crippen molar-refractivity contribution in [2.45, 2.75) is 37.6 Å². The van der Waals surface area contributed by atoms with Crippen molar-refractivity contribution in [3.8, 4) is 6.01 Å². The van der Waals surface area contributed by atoms with E-state index in [0.29, 0.717) is 3.57 Å². The Hall–Kier alpha value is -0.790. The Labute approximate surface area is 139 Å². The predicted molar refractivity (Wildman–Crippen MR) is 83.4 cm³/mol. The van der Waals surface area contributed by atoms with Gasteiger partial charge in [0.1, 0.15) is 24.4 Å². The van der Waals surface area contributed by atoms with Crippen LogP contribution in [0.1, 0.15) is 13.2 Å². The highest BCUT2D eigenvalue weighted by atomic mass is 127. The maximum absolute atomic E-state index is 11.6. The van der Waals surface area contributed by atoms with Gasteiger partial charge in [-0.05, 0) is 29.5 Å². The quantitative estimate of drug-likeness (QED) is 0.412. The fourth-order valence-corrected chi connectivity index (χ4v) is 2.63. The number of rotatable bonds is 4. The molecule has 124 valence electrons. The first-order valence-corrected chi connectivity index (χ1v) is 7.79. The fraction of sp³-hybridized carbons (Fsp3) is 0.667. The summed E-state index contributed by atoms with van der Waals surface area (Å²) in [6.07, 6.45) is -4.73. The van der Waals surface area contributed by atoms with Crippen LogP contribution in [0.15, 0.2) is 11.0 Å².